The lowest BCUT2D eigenvalue weighted by atomic mass is 9.86. The number of aryl methyl sites for hydroxylation is 1. The van der Waals surface area contributed by atoms with Gasteiger partial charge in [-0.05, 0) is 60.1 Å². The van der Waals surface area contributed by atoms with Gasteiger partial charge in [0, 0.05) is 24.1 Å². The minimum atomic E-state index is -0.841. The summed E-state index contributed by atoms with van der Waals surface area (Å²) in [6, 6.07) is 11.4. The van der Waals surface area contributed by atoms with E-state index in [0.29, 0.717) is 24.4 Å². The molecule has 6 nitrogen and oxygen atoms in total. The van der Waals surface area contributed by atoms with Crippen LogP contribution in [-0.4, -0.2) is 28.5 Å². The number of amides is 1. The van der Waals surface area contributed by atoms with Crippen molar-refractivity contribution in [2.24, 2.45) is 5.92 Å². The first-order valence-corrected chi connectivity index (χ1v) is 13.2. The molecule has 1 aromatic heterocycles. The second-order valence-electron chi connectivity index (χ2n) is 9.80. The Kier molecular flexibility index (Phi) is 8.93. The van der Waals surface area contributed by atoms with Crippen LogP contribution in [0.25, 0.3) is 22.6 Å². The number of nitrogens with one attached hydrogen (secondary N) is 1. The number of benzene rings is 2. The summed E-state index contributed by atoms with van der Waals surface area (Å²) in [7, 11) is 0. The lowest BCUT2D eigenvalue weighted by Gasteiger charge is -2.21. The van der Waals surface area contributed by atoms with Gasteiger partial charge in [-0.15, -0.1) is 0 Å². The number of oxazole rings is 1. The van der Waals surface area contributed by atoms with Crippen LogP contribution in [0.4, 0.5) is 0 Å². The van der Waals surface area contributed by atoms with E-state index in [9.17, 15) is 14.7 Å². The normalized spacial score (nSPS) is 14.0. The van der Waals surface area contributed by atoms with Gasteiger partial charge in [0.25, 0.3) is 5.91 Å². The van der Waals surface area contributed by atoms with Gasteiger partial charge >= 0.3 is 5.97 Å². The highest BCUT2D eigenvalue weighted by Gasteiger charge is 2.21. The van der Waals surface area contributed by atoms with Crippen LogP contribution in [0.3, 0.4) is 0 Å². The summed E-state index contributed by atoms with van der Waals surface area (Å²) in [6.07, 6.45) is 13.7. The highest BCUT2D eigenvalue weighted by atomic mass is 16.4. The van der Waals surface area contributed by atoms with Gasteiger partial charge in [0.05, 0.1) is 6.20 Å². The Bertz CT molecular complexity index is 1160. The van der Waals surface area contributed by atoms with Gasteiger partial charge in [-0.2, -0.15) is 0 Å². The summed E-state index contributed by atoms with van der Waals surface area (Å²) >= 11 is 0. The summed E-state index contributed by atoms with van der Waals surface area (Å²) in [5, 5.41) is 12.3. The van der Waals surface area contributed by atoms with Gasteiger partial charge in [-0.3, -0.25) is 9.59 Å². The summed E-state index contributed by atoms with van der Waals surface area (Å²) in [5.74, 6) is 0.382. The highest BCUT2D eigenvalue weighted by Crippen LogP contribution is 2.37. The Labute approximate surface area is 213 Å². The molecule has 1 aliphatic rings. The molecule has 1 amide bonds. The first-order chi connectivity index (χ1) is 17.5. The number of unbranched alkanes of at least 4 members (excludes halogenated alkanes) is 1. The molecule has 0 spiro atoms. The molecule has 1 heterocycles. The topological polar surface area (TPSA) is 92.4 Å². The molecule has 1 saturated carbocycles. The summed E-state index contributed by atoms with van der Waals surface area (Å²) in [6.45, 7) is 2.60. The quantitative estimate of drug-likeness (QED) is 0.289. The molecule has 6 heteroatoms. The van der Waals surface area contributed by atoms with E-state index in [-0.39, 0.29) is 12.3 Å². The molecule has 0 bridgehead atoms. The molecule has 1 aliphatic carbocycles. The molecule has 3 aromatic rings. The zero-order chi connectivity index (χ0) is 25.3. The first-order valence-electron chi connectivity index (χ1n) is 13.2. The van der Waals surface area contributed by atoms with Crippen LogP contribution in [0.5, 0.6) is 0 Å². The Balaban J connectivity index is 1.56. The van der Waals surface area contributed by atoms with E-state index in [2.05, 4.69) is 10.3 Å². The molecular weight excluding hydrogens is 452 g/mol. The number of nitrogens with zero attached hydrogens (tertiary/aromatic N) is 1. The van der Waals surface area contributed by atoms with Crippen LogP contribution >= 0.6 is 0 Å². The number of carboxylic acids is 1. The fourth-order valence-corrected chi connectivity index (χ4v) is 5.38. The van der Waals surface area contributed by atoms with E-state index in [4.69, 9.17) is 4.42 Å². The number of aliphatic carboxylic acids is 1. The van der Waals surface area contributed by atoms with Crippen LogP contribution in [-0.2, 0) is 11.2 Å². The Morgan fingerprint density at radius 3 is 2.56 bits per heavy atom. The summed E-state index contributed by atoms with van der Waals surface area (Å²) in [4.78, 5) is 28.9. The van der Waals surface area contributed by atoms with Crippen molar-refractivity contribution in [2.45, 2.75) is 71.1 Å². The number of hydrogen-bond donors (Lipinski definition) is 2. The predicted molar refractivity (Wildman–Crippen MR) is 141 cm³/mol. The fraction of sp³-hybridized carbons (Fsp3) is 0.433. The number of carbonyl (C=O) groups excluding carboxylic acids is 1. The zero-order valence-corrected chi connectivity index (χ0v) is 21.1. The maximum atomic E-state index is 13.4. The van der Waals surface area contributed by atoms with Gasteiger partial charge in [0.2, 0.25) is 5.89 Å². The van der Waals surface area contributed by atoms with Crippen LogP contribution < -0.4 is 5.32 Å². The summed E-state index contributed by atoms with van der Waals surface area (Å²) < 4.78 is 5.58. The van der Waals surface area contributed by atoms with Crippen molar-refractivity contribution in [1.29, 1.82) is 0 Å². The zero-order valence-electron chi connectivity index (χ0n) is 21.1. The van der Waals surface area contributed by atoms with Gasteiger partial charge in [-0.25, -0.2) is 4.98 Å². The van der Waals surface area contributed by atoms with Gasteiger partial charge in [0.15, 0.2) is 0 Å². The third kappa shape index (κ3) is 6.42. The minimum Gasteiger partial charge on any atom is -0.481 e. The SMILES string of the molecule is Cc1c(CCC(=O)O)ccc(C(=O)NCCCCC2CCCCC2)c1-c1ccccc1-c1ncco1. The molecule has 0 aliphatic heterocycles. The largest absolute Gasteiger partial charge is 0.481 e. The summed E-state index contributed by atoms with van der Waals surface area (Å²) in [5.41, 5.74) is 4.84. The van der Waals surface area contributed by atoms with Crippen molar-refractivity contribution in [3.8, 4) is 22.6 Å². The van der Waals surface area contributed by atoms with Gasteiger partial charge < -0.3 is 14.8 Å². The van der Waals surface area contributed by atoms with Crippen molar-refractivity contribution in [2.75, 3.05) is 6.54 Å². The second kappa shape index (κ2) is 12.5. The van der Waals surface area contributed by atoms with Crippen LogP contribution in [0.15, 0.2) is 53.3 Å². The van der Waals surface area contributed by atoms with Gasteiger partial charge in [0.1, 0.15) is 6.26 Å². The smallest absolute Gasteiger partial charge is 0.303 e. The monoisotopic (exact) mass is 488 g/mol. The Morgan fingerprint density at radius 1 is 1.06 bits per heavy atom. The minimum absolute atomic E-state index is 0.0359. The van der Waals surface area contributed by atoms with Crippen LogP contribution in [0.1, 0.15) is 79.3 Å². The molecule has 1 fully saturated rings. The molecular formula is C30H36N2O4. The molecule has 4 rings (SSSR count). The highest BCUT2D eigenvalue weighted by molar-refractivity contribution is 6.03. The lowest BCUT2D eigenvalue weighted by molar-refractivity contribution is -0.136. The van der Waals surface area contributed by atoms with E-state index in [1.54, 1.807) is 6.20 Å². The van der Waals surface area contributed by atoms with Crippen molar-refractivity contribution in [3.63, 3.8) is 0 Å². The molecule has 36 heavy (non-hydrogen) atoms. The van der Waals surface area contributed by atoms with E-state index in [0.717, 1.165) is 46.6 Å². The van der Waals surface area contributed by atoms with Crippen molar-refractivity contribution >= 4 is 11.9 Å². The number of rotatable bonds is 11. The average molecular weight is 489 g/mol. The number of carboxylic acid groups (broad SMARTS) is 1. The number of hydrogen-bond acceptors (Lipinski definition) is 4. The molecule has 0 unspecified atom stereocenters. The maximum Gasteiger partial charge on any atom is 0.303 e. The standard InChI is InChI=1S/C30H36N2O4/c1-21-23(15-17-27(33)34)14-16-26(29(35)31-18-8-7-11-22-9-3-2-4-10-22)28(21)24-12-5-6-13-25(24)30-32-19-20-36-30/h5-6,12-14,16,19-20,22H,2-4,7-11,15,17-18H2,1H3,(H,31,35)(H,33,34). The van der Waals surface area contributed by atoms with E-state index >= 15 is 0 Å². The Hall–Kier alpha value is -3.41. The van der Waals surface area contributed by atoms with E-state index < -0.39 is 5.97 Å². The van der Waals surface area contributed by atoms with E-state index in [1.807, 2.05) is 43.3 Å². The van der Waals surface area contributed by atoms with Crippen molar-refractivity contribution in [3.05, 3.63) is 65.5 Å². The molecule has 0 saturated heterocycles. The predicted octanol–water partition coefficient (Wildman–Crippen LogP) is 6.81. The molecule has 2 N–H and O–H groups in total. The fourth-order valence-electron chi connectivity index (χ4n) is 5.38. The third-order valence-electron chi connectivity index (χ3n) is 7.34. The average Bonchev–Trinajstić information content (AvgIpc) is 3.43. The maximum absolute atomic E-state index is 13.4. The van der Waals surface area contributed by atoms with Crippen molar-refractivity contribution < 1.29 is 19.1 Å². The Morgan fingerprint density at radius 2 is 1.83 bits per heavy atom. The molecule has 2 aromatic carbocycles. The van der Waals surface area contributed by atoms with Crippen LogP contribution in [0.2, 0.25) is 0 Å². The van der Waals surface area contributed by atoms with Crippen LogP contribution in [0, 0.1) is 12.8 Å². The lowest BCUT2D eigenvalue weighted by Crippen LogP contribution is -2.25. The molecule has 0 radical (unpaired) electrons. The number of carbonyl (C=O) groups is 2. The number of aromatic nitrogens is 1. The molecule has 190 valence electrons. The van der Waals surface area contributed by atoms with Crippen molar-refractivity contribution in [1.82, 2.24) is 10.3 Å². The van der Waals surface area contributed by atoms with E-state index in [1.165, 1.54) is 44.8 Å². The molecule has 0 atom stereocenters. The third-order valence-corrected chi connectivity index (χ3v) is 7.34. The first kappa shape index (κ1) is 25.7. The van der Waals surface area contributed by atoms with Gasteiger partial charge in [-0.1, -0.05) is 69.2 Å². The second-order valence-corrected chi connectivity index (χ2v) is 9.80.